The lowest BCUT2D eigenvalue weighted by atomic mass is 9.88. The molecule has 4 nitrogen and oxygen atoms in total. The quantitative estimate of drug-likeness (QED) is 0.891. The van der Waals surface area contributed by atoms with Crippen LogP contribution in [0.4, 0.5) is 0 Å². The molecule has 1 heterocycles. The summed E-state index contributed by atoms with van der Waals surface area (Å²) in [4.78, 5) is 0.993. The summed E-state index contributed by atoms with van der Waals surface area (Å²) in [5.74, 6) is 0. The minimum Gasteiger partial charge on any atom is -0.329 e. The summed E-state index contributed by atoms with van der Waals surface area (Å²) in [6.07, 6.45) is 0. The fourth-order valence-electron chi connectivity index (χ4n) is 1.71. The first-order chi connectivity index (χ1) is 8.08. The van der Waals surface area contributed by atoms with E-state index in [1.165, 1.54) is 11.3 Å². The lowest BCUT2D eigenvalue weighted by Gasteiger charge is -2.29. The molecule has 1 aromatic heterocycles. The number of rotatable bonds is 4. The van der Waals surface area contributed by atoms with Gasteiger partial charge in [0.25, 0.3) is 10.0 Å². The second-order valence-electron chi connectivity index (χ2n) is 5.60. The van der Waals surface area contributed by atoms with E-state index >= 15 is 0 Å². The number of nitrogens with two attached hydrogens (primary N) is 1. The van der Waals surface area contributed by atoms with Gasteiger partial charge in [-0.2, -0.15) is 0 Å². The highest BCUT2D eigenvalue weighted by molar-refractivity contribution is 7.91. The fraction of sp³-hybridized carbons (Fsp3) is 0.667. The number of thiophene rings is 1. The van der Waals surface area contributed by atoms with Gasteiger partial charge in [0, 0.05) is 17.5 Å². The normalized spacial score (nSPS) is 14.8. The molecule has 0 saturated carbocycles. The van der Waals surface area contributed by atoms with Crippen molar-refractivity contribution in [2.24, 2.45) is 11.1 Å². The molecule has 0 saturated heterocycles. The zero-order chi connectivity index (χ0) is 14.1. The molecule has 0 aliphatic carbocycles. The van der Waals surface area contributed by atoms with Crippen LogP contribution in [0.5, 0.6) is 0 Å². The zero-order valence-corrected chi connectivity index (χ0v) is 13.2. The van der Waals surface area contributed by atoms with Crippen LogP contribution in [0, 0.1) is 19.3 Å². The first-order valence-corrected chi connectivity index (χ1v) is 8.17. The lowest BCUT2D eigenvalue weighted by molar-refractivity contribution is 0.304. The average molecular weight is 290 g/mol. The molecule has 104 valence electrons. The van der Waals surface area contributed by atoms with E-state index < -0.39 is 10.0 Å². The molecule has 1 rings (SSSR count). The summed E-state index contributed by atoms with van der Waals surface area (Å²) in [5.41, 5.74) is 6.24. The average Bonchev–Trinajstić information content (AvgIpc) is 2.53. The van der Waals surface area contributed by atoms with Crippen LogP contribution >= 0.6 is 11.3 Å². The minimum absolute atomic E-state index is 0.206. The van der Waals surface area contributed by atoms with Crippen molar-refractivity contribution in [3.05, 3.63) is 16.5 Å². The molecular formula is C12H22N2O2S2. The van der Waals surface area contributed by atoms with E-state index in [1.54, 1.807) is 0 Å². The van der Waals surface area contributed by atoms with Crippen LogP contribution in [0.25, 0.3) is 0 Å². The molecule has 0 bridgehead atoms. The predicted molar refractivity (Wildman–Crippen MR) is 76.4 cm³/mol. The van der Waals surface area contributed by atoms with Crippen molar-refractivity contribution >= 4 is 21.4 Å². The van der Waals surface area contributed by atoms with E-state index in [0.29, 0.717) is 4.21 Å². The lowest BCUT2D eigenvalue weighted by Crippen LogP contribution is -2.48. The zero-order valence-electron chi connectivity index (χ0n) is 11.6. The van der Waals surface area contributed by atoms with Gasteiger partial charge in [0.1, 0.15) is 4.21 Å². The molecule has 0 aliphatic rings. The van der Waals surface area contributed by atoms with Crippen molar-refractivity contribution in [1.29, 1.82) is 0 Å². The Morgan fingerprint density at radius 3 is 2.28 bits per heavy atom. The third-order valence-electron chi connectivity index (χ3n) is 2.82. The van der Waals surface area contributed by atoms with Crippen molar-refractivity contribution in [3.63, 3.8) is 0 Å². The summed E-state index contributed by atoms with van der Waals surface area (Å²) in [6.45, 7) is 9.92. The maximum Gasteiger partial charge on any atom is 0.250 e. The van der Waals surface area contributed by atoms with E-state index in [4.69, 9.17) is 5.73 Å². The molecule has 0 fully saturated rings. The standard InChI is InChI=1S/C12H22N2O2S2/c1-8-6-9(2)17-11(8)18(15,16)14-10(7-13)12(3,4)5/h6,10,14H,7,13H2,1-5H3. The van der Waals surface area contributed by atoms with Crippen LogP contribution in [0.1, 0.15) is 31.2 Å². The SMILES string of the molecule is Cc1cc(C)c(S(=O)(=O)NC(CN)C(C)(C)C)s1. The minimum atomic E-state index is -3.48. The number of hydrogen-bond donors (Lipinski definition) is 2. The highest BCUT2D eigenvalue weighted by atomic mass is 32.2. The van der Waals surface area contributed by atoms with E-state index in [0.717, 1.165) is 10.4 Å². The molecule has 1 atom stereocenters. The van der Waals surface area contributed by atoms with Crippen molar-refractivity contribution < 1.29 is 8.42 Å². The van der Waals surface area contributed by atoms with Crippen LogP contribution in [-0.2, 0) is 10.0 Å². The molecule has 0 aliphatic heterocycles. The monoisotopic (exact) mass is 290 g/mol. The number of sulfonamides is 1. The Kier molecular flexibility index (Phi) is 4.59. The summed E-state index contributed by atoms with van der Waals surface area (Å²) < 4.78 is 27.8. The Balaban J connectivity index is 3.05. The summed E-state index contributed by atoms with van der Waals surface area (Å²) in [6, 6.07) is 1.61. The largest absolute Gasteiger partial charge is 0.329 e. The van der Waals surface area contributed by atoms with Gasteiger partial charge in [0.2, 0.25) is 0 Å². The summed E-state index contributed by atoms with van der Waals surface area (Å²) in [5, 5.41) is 0. The Hall–Kier alpha value is -0.430. The van der Waals surface area contributed by atoms with Gasteiger partial charge in [-0.05, 0) is 30.9 Å². The molecule has 3 N–H and O–H groups in total. The number of aryl methyl sites for hydroxylation is 2. The van der Waals surface area contributed by atoms with Gasteiger partial charge < -0.3 is 5.73 Å². The van der Waals surface area contributed by atoms with E-state index in [-0.39, 0.29) is 18.0 Å². The van der Waals surface area contributed by atoms with Gasteiger partial charge in [-0.15, -0.1) is 11.3 Å². The van der Waals surface area contributed by atoms with Gasteiger partial charge in [0.15, 0.2) is 0 Å². The number of nitrogens with one attached hydrogen (secondary N) is 1. The van der Waals surface area contributed by atoms with Crippen molar-refractivity contribution in [3.8, 4) is 0 Å². The first kappa shape index (κ1) is 15.6. The van der Waals surface area contributed by atoms with Crippen molar-refractivity contribution in [1.82, 2.24) is 4.72 Å². The maximum atomic E-state index is 12.3. The topological polar surface area (TPSA) is 72.2 Å². The predicted octanol–water partition coefficient (Wildman–Crippen LogP) is 2.02. The molecule has 6 heteroatoms. The van der Waals surface area contributed by atoms with E-state index in [2.05, 4.69) is 4.72 Å². The second-order valence-corrected chi connectivity index (χ2v) is 8.77. The molecule has 0 radical (unpaired) electrons. The van der Waals surface area contributed by atoms with Gasteiger partial charge in [-0.3, -0.25) is 0 Å². The second kappa shape index (κ2) is 5.28. The Bertz CT molecular complexity index is 513. The summed E-state index contributed by atoms with van der Waals surface area (Å²) >= 11 is 1.29. The van der Waals surface area contributed by atoms with Gasteiger partial charge in [-0.1, -0.05) is 20.8 Å². The van der Waals surface area contributed by atoms with Crippen LogP contribution in [0.15, 0.2) is 10.3 Å². The van der Waals surface area contributed by atoms with E-state index in [9.17, 15) is 8.42 Å². The van der Waals surface area contributed by atoms with Crippen LogP contribution in [0.2, 0.25) is 0 Å². The van der Waals surface area contributed by atoms with Crippen molar-refractivity contribution in [2.75, 3.05) is 6.54 Å². The molecule has 1 unspecified atom stereocenters. The molecular weight excluding hydrogens is 268 g/mol. The fourth-order valence-corrected chi connectivity index (χ4v) is 4.85. The van der Waals surface area contributed by atoms with Crippen LogP contribution in [-0.4, -0.2) is 21.0 Å². The Morgan fingerprint density at radius 2 is 1.94 bits per heavy atom. The number of hydrogen-bond acceptors (Lipinski definition) is 4. The molecule has 0 amide bonds. The van der Waals surface area contributed by atoms with Gasteiger partial charge in [0.05, 0.1) is 0 Å². The third-order valence-corrected chi connectivity index (χ3v) is 6.08. The Labute approximate surface area is 114 Å². The molecule has 0 aromatic carbocycles. The molecule has 18 heavy (non-hydrogen) atoms. The van der Waals surface area contributed by atoms with Crippen LogP contribution in [0.3, 0.4) is 0 Å². The highest BCUT2D eigenvalue weighted by Gasteiger charge is 2.30. The molecule has 0 spiro atoms. The van der Waals surface area contributed by atoms with Crippen LogP contribution < -0.4 is 10.5 Å². The van der Waals surface area contributed by atoms with Crippen molar-refractivity contribution in [2.45, 2.75) is 44.9 Å². The van der Waals surface area contributed by atoms with Gasteiger partial charge in [-0.25, -0.2) is 13.1 Å². The summed E-state index contributed by atoms with van der Waals surface area (Å²) in [7, 11) is -3.48. The highest BCUT2D eigenvalue weighted by Crippen LogP contribution is 2.27. The molecule has 1 aromatic rings. The maximum absolute atomic E-state index is 12.3. The van der Waals surface area contributed by atoms with Gasteiger partial charge >= 0.3 is 0 Å². The van der Waals surface area contributed by atoms with E-state index in [1.807, 2.05) is 40.7 Å². The third kappa shape index (κ3) is 3.54. The first-order valence-electron chi connectivity index (χ1n) is 5.87. The smallest absolute Gasteiger partial charge is 0.250 e. The Morgan fingerprint density at radius 1 is 1.39 bits per heavy atom.